The predicted octanol–water partition coefficient (Wildman–Crippen LogP) is 3.13. The van der Waals surface area contributed by atoms with Crippen molar-refractivity contribution >= 4 is 15.9 Å². The molecule has 1 unspecified atom stereocenters. The lowest BCUT2D eigenvalue weighted by molar-refractivity contribution is 0.595. The maximum atomic E-state index is 4.20. The molecule has 0 bridgehead atoms. The van der Waals surface area contributed by atoms with Gasteiger partial charge in [-0.3, -0.25) is 5.10 Å². The zero-order valence-corrected chi connectivity index (χ0v) is 11.7. The van der Waals surface area contributed by atoms with Crippen molar-refractivity contribution in [1.29, 1.82) is 0 Å². The molecule has 0 amide bonds. The quantitative estimate of drug-likeness (QED) is 0.914. The van der Waals surface area contributed by atoms with Crippen LogP contribution >= 0.6 is 15.9 Å². The molecule has 1 fully saturated rings. The van der Waals surface area contributed by atoms with Crippen molar-refractivity contribution in [3.63, 3.8) is 0 Å². The maximum Gasteiger partial charge on any atom is 0.0568 e. The Kier molecular flexibility index (Phi) is 3.48. The highest BCUT2D eigenvalue weighted by Crippen LogP contribution is 2.26. The molecule has 2 aromatic rings. The Bertz CT molecular complexity index is 529. The molecule has 0 radical (unpaired) electrons. The number of hydrogen-bond donors (Lipinski definition) is 2. The zero-order chi connectivity index (χ0) is 12.4. The molecule has 4 heteroatoms. The topological polar surface area (TPSA) is 40.7 Å². The third-order valence-electron chi connectivity index (χ3n) is 3.47. The smallest absolute Gasteiger partial charge is 0.0568 e. The first-order chi connectivity index (χ1) is 8.83. The standard InChI is InChI=1S/C14H16BrN3/c15-11-4-1-3-10(7-11)13-9-17-18-14(13)8-12-5-2-6-16-12/h1,3-4,7,9,12,16H,2,5-6,8H2,(H,17,18). The van der Waals surface area contributed by atoms with Gasteiger partial charge in [-0.15, -0.1) is 0 Å². The van der Waals surface area contributed by atoms with Gasteiger partial charge in [0, 0.05) is 28.2 Å². The Labute approximate surface area is 115 Å². The van der Waals surface area contributed by atoms with Crippen LogP contribution in [0.5, 0.6) is 0 Å². The number of benzene rings is 1. The van der Waals surface area contributed by atoms with Crippen molar-refractivity contribution in [2.24, 2.45) is 0 Å². The Hall–Kier alpha value is -1.13. The predicted molar refractivity (Wildman–Crippen MR) is 76.5 cm³/mol. The summed E-state index contributed by atoms with van der Waals surface area (Å²) in [5.41, 5.74) is 3.66. The molecule has 18 heavy (non-hydrogen) atoms. The van der Waals surface area contributed by atoms with Crippen molar-refractivity contribution in [1.82, 2.24) is 15.5 Å². The highest BCUT2D eigenvalue weighted by atomic mass is 79.9. The van der Waals surface area contributed by atoms with Gasteiger partial charge < -0.3 is 5.32 Å². The van der Waals surface area contributed by atoms with Crippen molar-refractivity contribution in [3.8, 4) is 11.1 Å². The van der Waals surface area contributed by atoms with Gasteiger partial charge >= 0.3 is 0 Å². The van der Waals surface area contributed by atoms with Crippen LogP contribution in [0.3, 0.4) is 0 Å². The Morgan fingerprint density at radius 3 is 3.11 bits per heavy atom. The van der Waals surface area contributed by atoms with E-state index >= 15 is 0 Å². The van der Waals surface area contributed by atoms with Gasteiger partial charge in [-0.1, -0.05) is 28.1 Å². The summed E-state index contributed by atoms with van der Waals surface area (Å²) >= 11 is 3.52. The molecule has 1 saturated heterocycles. The fraction of sp³-hybridized carbons (Fsp3) is 0.357. The highest BCUT2D eigenvalue weighted by Gasteiger charge is 2.17. The number of nitrogens with one attached hydrogen (secondary N) is 2. The molecule has 3 rings (SSSR count). The van der Waals surface area contributed by atoms with Gasteiger partial charge in [0.2, 0.25) is 0 Å². The first kappa shape index (κ1) is 11.9. The summed E-state index contributed by atoms with van der Waals surface area (Å²) < 4.78 is 1.10. The Balaban J connectivity index is 1.86. The molecule has 1 aliphatic rings. The van der Waals surface area contributed by atoms with Gasteiger partial charge in [0.15, 0.2) is 0 Å². The number of H-pyrrole nitrogens is 1. The first-order valence-electron chi connectivity index (χ1n) is 6.34. The van der Waals surface area contributed by atoms with E-state index in [1.807, 2.05) is 12.3 Å². The molecule has 0 spiro atoms. The number of rotatable bonds is 3. The summed E-state index contributed by atoms with van der Waals surface area (Å²) in [6.45, 7) is 1.14. The van der Waals surface area contributed by atoms with Crippen molar-refractivity contribution in [2.45, 2.75) is 25.3 Å². The van der Waals surface area contributed by atoms with Crippen LogP contribution in [-0.4, -0.2) is 22.8 Å². The third kappa shape index (κ3) is 2.49. The number of aromatic amines is 1. The summed E-state index contributed by atoms with van der Waals surface area (Å²) in [4.78, 5) is 0. The van der Waals surface area contributed by atoms with E-state index in [-0.39, 0.29) is 0 Å². The highest BCUT2D eigenvalue weighted by molar-refractivity contribution is 9.10. The van der Waals surface area contributed by atoms with Crippen LogP contribution in [0.25, 0.3) is 11.1 Å². The van der Waals surface area contributed by atoms with Crippen LogP contribution in [0, 0.1) is 0 Å². The van der Waals surface area contributed by atoms with E-state index in [2.05, 4.69) is 49.6 Å². The summed E-state index contributed by atoms with van der Waals surface area (Å²) in [5.74, 6) is 0. The van der Waals surface area contributed by atoms with E-state index in [1.54, 1.807) is 0 Å². The van der Waals surface area contributed by atoms with E-state index in [4.69, 9.17) is 0 Å². The van der Waals surface area contributed by atoms with Crippen LogP contribution in [0.4, 0.5) is 0 Å². The van der Waals surface area contributed by atoms with Gasteiger partial charge in [-0.25, -0.2) is 0 Å². The molecule has 1 aromatic heterocycles. The minimum Gasteiger partial charge on any atom is -0.314 e. The van der Waals surface area contributed by atoms with E-state index < -0.39 is 0 Å². The van der Waals surface area contributed by atoms with Crippen molar-refractivity contribution in [2.75, 3.05) is 6.54 Å². The van der Waals surface area contributed by atoms with Gasteiger partial charge in [-0.2, -0.15) is 5.10 Å². The first-order valence-corrected chi connectivity index (χ1v) is 7.14. The molecule has 2 N–H and O–H groups in total. The summed E-state index contributed by atoms with van der Waals surface area (Å²) in [6, 6.07) is 8.96. The van der Waals surface area contributed by atoms with E-state index in [0.717, 1.165) is 17.4 Å². The van der Waals surface area contributed by atoms with Gasteiger partial charge in [0.25, 0.3) is 0 Å². The van der Waals surface area contributed by atoms with Crippen molar-refractivity contribution in [3.05, 3.63) is 40.6 Å². The van der Waals surface area contributed by atoms with Crippen LogP contribution in [0.1, 0.15) is 18.5 Å². The van der Waals surface area contributed by atoms with Gasteiger partial charge in [0.1, 0.15) is 0 Å². The van der Waals surface area contributed by atoms with E-state index in [0.29, 0.717) is 6.04 Å². The second kappa shape index (κ2) is 5.24. The number of aromatic nitrogens is 2. The number of hydrogen-bond acceptors (Lipinski definition) is 2. The Morgan fingerprint density at radius 2 is 2.33 bits per heavy atom. The molecule has 0 aliphatic carbocycles. The minimum absolute atomic E-state index is 0.594. The molecule has 2 heterocycles. The molecular formula is C14H16BrN3. The molecule has 0 saturated carbocycles. The summed E-state index contributed by atoms with van der Waals surface area (Å²) in [5, 5.41) is 10.9. The van der Waals surface area contributed by atoms with Crippen LogP contribution in [0.2, 0.25) is 0 Å². The molecule has 3 nitrogen and oxygen atoms in total. The lowest BCUT2D eigenvalue weighted by Gasteiger charge is -2.10. The molecular weight excluding hydrogens is 290 g/mol. The number of halogens is 1. The third-order valence-corrected chi connectivity index (χ3v) is 3.96. The maximum absolute atomic E-state index is 4.20. The molecule has 1 aliphatic heterocycles. The second-order valence-electron chi connectivity index (χ2n) is 4.77. The fourth-order valence-corrected chi connectivity index (χ4v) is 2.95. The second-order valence-corrected chi connectivity index (χ2v) is 5.69. The lowest BCUT2D eigenvalue weighted by atomic mass is 10.0. The average Bonchev–Trinajstić information content (AvgIpc) is 3.01. The monoisotopic (exact) mass is 305 g/mol. The largest absolute Gasteiger partial charge is 0.314 e. The van der Waals surface area contributed by atoms with E-state index in [1.165, 1.54) is 29.7 Å². The molecule has 1 atom stereocenters. The van der Waals surface area contributed by atoms with Crippen LogP contribution < -0.4 is 5.32 Å². The summed E-state index contributed by atoms with van der Waals surface area (Å²) in [7, 11) is 0. The lowest BCUT2D eigenvalue weighted by Crippen LogP contribution is -2.24. The Morgan fingerprint density at radius 1 is 1.39 bits per heavy atom. The normalized spacial score (nSPS) is 19.3. The van der Waals surface area contributed by atoms with Crippen molar-refractivity contribution < 1.29 is 0 Å². The van der Waals surface area contributed by atoms with Gasteiger partial charge in [-0.05, 0) is 37.1 Å². The zero-order valence-electron chi connectivity index (χ0n) is 10.1. The van der Waals surface area contributed by atoms with Crippen LogP contribution in [-0.2, 0) is 6.42 Å². The fourth-order valence-electron chi connectivity index (χ4n) is 2.55. The van der Waals surface area contributed by atoms with Gasteiger partial charge in [0.05, 0.1) is 6.20 Å². The van der Waals surface area contributed by atoms with Crippen LogP contribution in [0.15, 0.2) is 34.9 Å². The molecule has 94 valence electrons. The summed E-state index contributed by atoms with van der Waals surface area (Å²) in [6.07, 6.45) is 5.50. The molecule has 1 aromatic carbocycles. The number of nitrogens with zero attached hydrogens (tertiary/aromatic N) is 1. The SMILES string of the molecule is Brc1cccc(-c2cn[nH]c2CC2CCCN2)c1. The minimum atomic E-state index is 0.594. The van der Waals surface area contributed by atoms with E-state index in [9.17, 15) is 0 Å². The average molecular weight is 306 g/mol.